The van der Waals surface area contributed by atoms with Gasteiger partial charge in [-0.1, -0.05) is 72.3 Å². The summed E-state index contributed by atoms with van der Waals surface area (Å²) >= 11 is 6.39. The maximum atomic E-state index is 14.4. The van der Waals surface area contributed by atoms with Gasteiger partial charge in [0.1, 0.15) is 17.9 Å². The molecular weight excluding hydrogens is 596 g/mol. The van der Waals surface area contributed by atoms with Crippen LogP contribution < -0.4 is 19.7 Å². The molecule has 0 bridgehead atoms. The third-order valence-corrected chi connectivity index (χ3v) is 9.07. The highest BCUT2D eigenvalue weighted by molar-refractivity contribution is 6.32. The number of methoxy groups -OCH3 is 1. The van der Waals surface area contributed by atoms with Crippen LogP contribution in [0.2, 0.25) is 5.02 Å². The summed E-state index contributed by atoms with van der Waals surface area (Å²) in [4.78, 5) is 43.1. The maximum absolute atomic E-state index is 14.4. The van der Waals surface area contributed by atoms with Crippen molar-refractivity contribution in [2.24, 2.45) is 11.8 Å². The summed E-state index contributed by atoms with van der Waals surface area (Å²) < 4.78 is 11.9. The highest BCUT2D eigenvalue weighted by Gasteiger charge is 2.69. The average Bonchev–Trinajstić information content (AvgIpc) is 3.52. The second-order valence-corrected chi connectivity index (χ2v) is 11.8. The van der Waals surface area contributed by atoms with Gasteiger partial charge in [-0.25, -0.2) is 4.90 Å². The number of nitrogens with one attached hydrogen (secondary N) is 1. The minimum absolute atomic E-state index is 0.0180. The third-order valence-electron chi connectivity index (χ3n) is 8.66. The van der Waals surface area contributed by atoms with E-state index in [9.17, 15) is 24.6 Å². The lowest BCUT2D eigenvalue weighted by atomic mass is 9.76. The number of nitrogens with zero attached hydrogens (tertiary/aromatic N) is 1. The van der Waals surface area contributed by atoms with Gasteiger partial charge in [0.2, 0.25) is 11.8 Å². The van der Waals surface area contributed by atoms with Gasteiger partial charge >= 0.3 is 5.97 Å². The molecule has 2 saturated heterocycles. The van der Waals surface area contributed by atoms with Crippen molar-refractivity contribution in [1.82, 2.24) is 5.32 Å². The van der Waals surface area contributed by atoms with Crippen molar-refractivity contribution >= 4 is 35.1 Å². The predicted molar refractivity (Wildman–Crippen MR) is 167 cm³/mol. The second kappa shape index (κ2) is 11.9. The monoisotopic (exact) mass is 626 g/mol. The normalized spacial score (nSPS) is 22.4. The van der Waals surface area contributed by atoms with Gasteiger partial charge in [-0.3, -0.25) is 19.7 Å². The van der Waals surface area contributed by atoms with Gasteiger partial charge in [-0.05, 0) is 53.9 Å². The van der Waals surface area contributed by atoms with Gasteiger partial charge in [-0.2, -0.15) is 0 Å². The summed E-state index contributed by atoms with van der Waals surface area (Å²) in [6, 6.07) is 24.8. The van der Waals surface area contributed by atoms with Crippen LogP contribution in [0.4, 0.5) is 5.69 Å². The number of phenols is 1. The largest absolute Gasteiger partial charge is 0.508 e. The fourth-order valence-electron chi connectivity index (χ4n) is 6.44. The number of ether oxygens (including phenoxy) is 2. The maximum Gasteiger partial charge on any atom is 0.325 e. The van der Waals surface area contributed by atoms with Crippen LogP contribution in [0.5, 0.6) is 17.2 Å². The number of hydrogen-bond acceptors (Lipinski definition) is 7. The number of benzene rings is 4. The van der Waals surface area contributed by atoms with E-state index in [1.54, 1.807) is 55.5 Å². The first-order valence-electron chi connectivity index (χ1n) is 14.4. The Morgan fingerprint density at radius 3 is 2.36 bits per heavy atom. The van der Waals surface area contributed by atoms with Crippen molar-refractivity contribution in [2.45, 2.75) is 31.5 Å². The third kappa shape index (κ3) is 5.28. The molecule has 45 heavy (non-hydrogen) atoms. The summed E-state index contributed by atoms with van der Waals surface area (Å²) in [6.07, 6.45) is -0.133. The first kappa shape index (κ1) is 30.2. The zero-order valence-electron chi connectivity index (χ0n) is 24.6. The molecule has 2 aliphatic rings. The van der Waals surface area contributed by atoms with Gasteiger partial charge in [0.15, 0.2) is 11.5 Å². The fourth-order valence-corrected chi connectivity index (χ4v) is 6.61. The van der Waals surface area contributed by atoms with Crippen molar-refractivity contribution in [2.75, 3.05) is 12.0 Å². The topological polar surface area (TPSA) is 125 Å². The summed E-state index contributed by atoms with van der Waals surface area (Å²) in [7, 11) is 1.50. The van der Waals surface area contributed by atoms with Crippen molar-refractivity contribution < 1.29 is 34.1 Å². The molecule has 4 atom stereocenters. The van der Waals surface area contributed by atoms with Crippen LogP contribution in [0, 0.1) is 18.8 Å². The van der Waals surface area contributed by atoms with Gasteiger partial charge in [0.25, 0.3) is 0 Å². The highest BCUT2D eigenvalue weighted by Crippen LogP contribution is 2.53. The average molecular weight is 627 g/mol. The SMILES string of the molecule is COc1cccc(C2NC(Cc3ccc(O)cc3)(C(=O)O)C3C(=O)N(c4ccc(C)c(Cl)c4)C(=O)C23)c1OCc1ccccc1. The first-order valence-corrected chi connectivity index (χ1v) is 14.8. The second-order valence-electron chi connectivity index (χ2n) is 11.3. The van der Waals surface area contributed by atoms with E-state index in [1.165, 1.54) is 19.2 Å². The Bertz CT molecular complexity index is 1780. The van der Waals surface area contributed by atoms with Gasteiger partial charge < -0.3 is 19.7 Å². The minimum Gasteiger partial charge on any atom is -0.508 e. The summed E-state index contributed by atoms with van der Waals surface area (Å²) in [5.74, 6) is -4.11. The molecule has 0 aliphatic carbocycles. The number of anilines is 1. The molecule has 2 amide bonds. The molecule has 0 aromatic heterocycles. The molecule has 2 heterocycles. The Morgan fingerprint density at radius 1 is 0.956 bits per heavy atom. The number of halogens is 1. The van der Waals surface area contributed by atoms with Gasteiger partial charge in [0.05, 0.1) is 24.6 Å². The lowest BCUT2D eigenvalue weighted by Crippen LogP contribution is -2.57. The smallest absolute Gasteiger partial charge is 0.325 e. The lowest BCUT2D eigenvalue weighted by Gasteiger charge is -2.31. The number of fused-ring (bicyclic) bond motifs is 1. The molecule has 0 radical (unpaired) electrons. The number of amides is 2. The van der Waals surface area contributed by atoms with E-state index in [0.29, 0.717) is 27.6 Å². The molecular formula is C35H31ClN2O7. The number of para-hydroxylation sites is 1. The van der Waals surface area contributed by atoms with Crippen LogP contribution in [-0.2, 0) is 27.4 Å². The van der Waals surface area contributed by atoms with E-state index >= 15 is 0 Å². The molecule has 4 unspecified atom stereocenters. The molecule has 230 valence electrons. The Balaban J connectivity index is 1.49. The predicted octanol–water partition coefficient (Wildman–Crippen LogP) is 5.46. The number of carboxylic acid groups (broad SMARTS) is 1. The molecule has 9 nitrogen and oxygen atoms in total. The summed E-state index contributed by atoms with van der Waals surface area (Å²) in [5, 5.41) is 24.3. The quantitative estimate of drug-likeness (QED) is 0.209. The number of carbonyl (C=O) groups is 3. The zero-order chi connectivity index (χ0) is 31.9. The number of rotatable bonds is 9. The van der Waals surface area contributed by atoms with Crippen LogP contribution in [0.15, 0.2) is 91.0 Å². The van der Waals surface area contributed by atoms with Crippen LogP contribution in [0.25, 0.3) is 0 Å². The standard InChI is InChI=1S/C35H31ClN2O7/c1-20-11-14-23(17-26(20)36)38-32(40)28-29(33(38)41)35(34(42)43,18-21-12-15-24(39)16-13-21)37-30(28)25-9-6-10-27(44-2)31(25)45-19-22-7-4-3-5-8-22/h3-17,28-30,37,39H,18-19H2,1-2H3,(H,42,43). The molecule has 3 N–H and O–H groups in total. The van der Waals surface area contributed by atoms with E-state index in [0.717, 1.165) is 16.0 Å². The molecule has 2 aliphatic heterocycles. The van der Waals surface area contributed by atoms with Crippen molar-refractivity contribution in [3.8, 4) is 17.2 Å². The zero-order valence-corrected chi connectivity index (χ0v) is 25.3. The van der Waals surface area contributed by atoms with E-state index in [2.05, 4.69) is 5.32 Å². The van der Waals surface area contributed by atoms with Crippen molar-refractivity contribution in [3.63, 3.8) is 0 Å². The molecule has 2 fully saturated rings. The van der Waals surface area contributed by atoms with E-state index in [1.807, 2.05) is 30.3 Å². The number of hydrogen-bond donors (Lipinski definition) is 3. The number of carboxylic acids is 1. The highest BCUT2D eigenvalue weighted by atomic mass is 35.5. The fraction of sp³-hybridized carbons (Fsp3) is 0.229. The Kier molecular flexibility index (Phi) is 7.99. The first-order chi connectivity index (χ1) is 21.6. The number of aryl methyl sites for hydroxylation is 1. The van der Waals surface area contributed by atoms with Crippen molar-refractivity contribution in [3.05, 3.63) is 118 Å². The number of aromatic hydroxyl groups is 1. The van der Waals surface area contributed by atoms with Crippen LogP contribution >= 0.6 is 11.6 Å². The van der Waals surface area contributed by atoms with Crippen LogP contribution in [-0.4, -0.2) is 40.6 Å². The molecule has 10 heteroatoms. The molecule has 4 aromatic carbocycles. The molecule has 0 spiro atoms. The van der Waals surface area contributed by atoms with E-state index in [4.69, 9.17) is 21.1 Å². The number of carbonyl (C=O) groups excluding carboxylic acids is 2. The molecule has 6 rings (SSSR count). The van der Waals surface area contributed by atoms with Gasteiger partial charge in [-0.15, -0.1) is 0 Å². The molecule has 4 aromatic rings. The Labute approximate surface area is 265 Å². The minimum atomic E-state index is -1.89. The Hall–Kier alpha value is -4.86. The number of aliphatic carboxylic acids is 1. The number of phenolic OH excluding ortho intramolecular Hbond substituents is 1. The van der Waals surface area contributed by atoms with Crippen LogP contribution in [0.3, 0.4) is 0 Å². The van der Waals surface area contributed by atoms with Crippen LogP contribution in [0.1, 0.15) is 28.3 Å². The Morgan fingerprint density at radius 2 is 1.69 bits per heavy atom. The van der Waals surface area contributed by atoms with E-state index < -0.39 is 41.2 Å². The lowest BCUT2D eigenvalue weighted by molar-refractivity contribution is -0.148. The number of imide groups is 1. The van der Waals surface area contributed by atoms with Crippen molar-refractivity contribution in [1.29, 1.82) is 0 Å². The molecule has 0 saturated carbocycles. The van der Waals surface area contributed by atoms with E-state index in [-0.39, 0.29) is 24.5 Å². The summed E-state index contributed by atoms with van der Waals surface area (Å²) in [6.45, 7) is 1.99. The van der Waals surface area contributed by atoms with Gasteiger partial charge in [0, 0.05) is 23.0 Å². The summed E-state index contributed by atoms with van der Waals surface area (Å²) in [5.41, 5.74) is 1.09.